The van der Waals surface area contributed by atoms with Crippen molar-refractivity contribution in [3.05, 3.63) is 29.8 Å². The van der Waals surface area contributed by atoms with Gasteiger partial charge >= 0.3 is 0 Å². The number of rotatable bonds is 3. The normalized spacial score (nSPS) is 23.2. The average Bonchev–Trinajstić information content (AvgIpc) is 2.30. The van der Waals surface area contributed by atoms with E-state index in [9.17, 15) is 8.42 Å². The minimum absolute atomic E-state index is 0.213. The summed E-state index contributed by atoms with van der Waals surface area (Å²) in [6.07, 6.45) is 0. The van der Waals surface area contributed by atoms with Crippen molar-refractivity contribution < 1.29 is 13.2 Å². The van der Waals surface area contributed by atoms with E-state index in [4.69, 9.17) is 4.74 Å². The highest BCUT2D eigenvalue weighted by Crippen LogP contribution is 2.26. The molecule has 0 saturated carbocycles. The molecule has 4 nitrogen and oxygen atoms in total. The number of nitrogens with one attached hydrogen (secondary N) is 1. The first-order chi connectivity index (χ1) is 8.13. The predicted octanol–water partition coefficient (Wildman–Crippen LogP) is 1.14. The van der Waals surface area contributed by atoms with E-state index in [0.29, 0.717) is 19.7 Å². The summed E-state index contributed by atoms with van der Waals surface area (Å²) in [4.78, 5) is 0. The molecule has 0 spiro atoms. The van der Waals surface area contributed by atoms with E-state index in [1.807, 2.05) is 31.2 Å². The van der Waals surface area contributed by atoms with E-state index in [1.54, 1.807) is 0 Å². The van der Waals surface area contributed by atoms with Crippen molar-refractivity contribution in [3.8, 4) is 5.75 Å². The number of hydrogen-bond acceptors (Lipinski definition) is 4. The van der Waals surface area contributed by atoms with Crippen LogP contribution >= 0.6 is 0 Å². The van der Waals surface area contributed by atoms with Crippen LogP contribution in [0.15, 0.2) is 24.3 Å². The summed E-state index contributed by atoms with van der Waals surface area (Å²) in [6, 6.07) is 7.31. The third-order valence-corrected chi connectivity index (χ3v) is 4.97. The highest BCUT2D eigenvalue weighted by Gasteiger charge is 2.29. The van der Waals surface area contributed by atoms with Crippen molar-refractivity contribution in [1.29, 1.82) is 0 Å². The van der Waals surface area contributed by atoms with E-state index >= 15 is 0 Å². The topological polar surface area (TPSA) is 55.4 Å². The molecule has 0 amide bonds. The van der Waals surface area contributed by atoms with Crippen LogP contribution < -0.4 is 10.1 Å². The zero-order chi connectivity index (χ0) is 12.3. The lowest BCUT2D eigenvalue weighted by atomic mass is 10.1. The van der Waals surface area contributed by atoms with E-state index in [0.717, 1.165) is 11.3 Å². The summed E-state index contributed by atoms with van der Waals surface area (Å²) >= 11 is 0. The van der Waals surface area contributed by atoms with Gasteiger partial charge in [0.15, 0.2) is 9.84 Å². The van der Waals surface area contributed by atoms with Gasteiger partial charge in [-0.05, 0) is 24.6 Å². The maximum Gasteiger partial charge on any atom is 0.159 e. The van der Waals surface area contributed by atoms with Crippen molar-refractivity contribution in [2.45, 2.75) is 12.2 Å². The second kappa shape index (κ2) is 5.06. The van der Waals surface area contributed by atoms with Crippen LogP contribution in [0.3, 0.4) is 0 Å². The van der Waals surface area contributed by atoms with Crippen LogP contribution in [0.1, 0.15) is 17.7 Å². The smallest absolute Gasteiger partial charge is 0.159 e. The molecule has 0 bridgehead atoms. The average molecular weight is 255 g/mol. The Kier molecular flexibility index (Phi) is 3.69. The fourth-order valence-corrected chi connectivity index (χ4v) is 3.64. The molecule has 0 aromatic heterocycles. The molecule has 1 unspecified atom stereocenters. The van der Waals surface area contributed by atoms with Gasteiger partial charge in [-0.3, -0.25) is 0 Å². The van der Waals surface area contributed by atoms with Gasteiger partial charge in [-0.25, -0.2) is 8.42 Å². The highest BCUT2D eigenvalue weighted by molar-refractivity contribution is 7.91. The lowest BCUT2D eigenvalue weighted by molar-refractivity contribution is 0.340. The van der Waals surface area contributed by atoms with Crippen molar-refractivity contribution in [1.82, 2.24) is 5.32 Å². The standard InChI is InChI=1S/C12H17NO3S/c1-2-16-11-5-3-10(4-6-11)12-9-13-7-8-17(12,14)15/h3-6,12-13H,2,7-9H2,1H3. The molecule has 1 aliphatic rings. The van der Waals surface area contributed by atoms with Crippen molar-refractivity contribution in [2.24, 2.45) is 0 Å². The number of hydrogen-bond donors (Lipinski definition) is 1. The lowest BCUT2D eigenvalue weighted by Crippen LogP contribution is -2.38. The number of ether oxygens (including phenoxy) is 1. The molecule has 5 heteroatoms. The van der Waals surface area contributed by atoms with Gasteiger partial charge in [0, 0.05) is 13.1 Å². The van der Waals surface area contributed by atoms with Gasteiger partial charge in [0.1, 0.15) is 5.75 Å². The van der Waals surface area contributed by atoms with Gasteiger partial charge in [0.05, 0.1) is 17.6 Å². The molecule has 94 valence electrons. The van der Waals surface area contributed by atoms with Gasteiger partial charge < -0.3 is 10.1 Å². The Morgan fingerprint density at radius 1 is 1.35 bits per heavy atom. The largest absolute Gasteiger partial charge is 0.494 e. The van der Waals surface area contributed by atoms with Crippen LogP contribution in [0.5, 0.6) is 5.75 Å². The molecule has 2 rings (SSSR count). The molecule has 1 fully saturated rings. The summed E-state index contributed by atoms with van der Waals surface area (Å²) in [5, 5.41) is 2.69. The first-order valence-corrected chi connectivity index (χ1v) is 7.50. The molecule has 1 saturated heterocycles. The third kappa shape index (κ3) is 2.79. The molecular weight excluding hydrogens is 238 g/mol. The van der Waals surface area contributed by atoms with E-state index in [-0.39, 0.29) is 5.75 Å². The molecule has 1 aromatic rings. The SMILES string of the molecule is CCOc1ccc(C2CNCCS2(=O)=O)cc1. The Balaban J connectivity index is 2.21. The molecule has 1 heterocycles. The Labute approximate surface area is 102 Å². The van der Waals surface area contributed by atoms with Gasteiger partial charge in [0.2, 0.25) is 0 Å². The molecule has 17 heavy (non-hydrogen) atoms. The van der Waals surface area contributed by atoms with Crippen LogP contribution in [0, 0.1) is 0 Å². The van der Waals surface area contributed by atoms with Crippen molar-refractivity contribution >= 4 is 9.84 Å². The Morgan fingerprint density at radius 2 is 2.06 bits per heavy atom. The summed E-state index contributed by atoms with van der Waals surface area (Å²) < 4.78 is 29.2. The Bertz CT molecular complexity index is 467. The molecule has 1 aliphatic heterocycles. The first-order valence-electron chi connectivity index (χ1n) is 5.78. The molecule has 0 radical (unpaired) electrons. The fraction of sp³-hybridized carbons (Fsp3) is 0.500. The van der Waals surface area contributed by atoms with E-state index in [2.05, 4.69) is 5.32 Å². The quantitative estimate of drug-likeness (QED) is 0.880. The van der Waals surface area contributed by atoms with Crippen LogP contribution in [-0.2, 0) is 9.84 Å². The maximum absolute atomic E-state index is 11.9. The summed E-state index contributed by atoms with van der Waals surface area (Å²) in [5.41, 5.74) is 0.834. The van der Waals surface area contributed by atoms with E-state index in [1.165, 1.54) is 0 Å². The molecule has 0 aliphatic carbocycles. The Hall–Kier alpha value is -1.07. The van der Waals surface area contributed by atoms with Crippen molar-refractivity contribution in [2.75, 3.05) is 25.4 Å². The van der Waals surface area contributed by atoms with E-state index < -0.39 is 15.1 Å². The monoisotopic (exact) mass is 255 g/mol. The highest BCUT2D eigenvalue weighted by atomic mass is 32.2. The van der Waals surface area contributed by atoms with Gasteiger partial charge in [-0.15, -0.1) is 0 Å². The van der Waals surface area contributed by atoms with Crippen LogP contribution in [0.4, 0.5) is 0 Å². The first kappa shape index (κ1) is 12.4. The minimum Gasteiger partial charge on any atom is -0.494 e. The number of sulfone groups is 1. The van der Waals surface area contributed by atoms with Crippen LogP contribution in [0.2, 0.25) is 0 Å². The lowest BCUT2D eigenvalue weighted by Gasteiger charge is -2.23. The van der Waals surface area contributed by atoms with Crippen molar-refractivity contribution in [3.63, 3.8) is 0 Å². The number of benzene rings is 1. The zero-order valence-electron chi connectivity index (χ0n) is 9.85. The molecule has 1 N–H and O–H groups in total. The summed E-state index contributed by atoms with van der Waals surface area (Å²) in [5.74, 6) is 0.989. The second-order valence-electron chi connectivity index (χ2n) is 4.06. The second-order valence-corrected chi connectivity index (χ2v) is 6.36. The maximum atomic E-state index is 11.9. The molecular formula is C12H17NO3S. The fourth-order valence-electron chi connectivity index (χ4n) is 1.99. The molecule has 1 atom stereocenters. The minimum atomic E-state index is -3.01. The summed E-state index contributed by atoms with van der Waals surface area (Å²) in [7, 11) is -3.01. The zero-order valence-corrected chi connectivity index (χ0v) is 10.7. The predicted molar refractivity (Wildman–Crippen MR) is 67.0 cm³/mol. The van der Waals surface area contributed by atoms with Gasteiger partial charge in [0.25, 0.3) is 0 Å². The third-order valence-electron chi connectivity index (χ3n) is 2.89. The van der Waals surface area contributed by atoms with Gasteiger partial charge in [-0.1, -0.05) is 12.1 Å². The molecule has 1 aromatic carbocycles. The van der Waals surface area contributed by atoms with Crippen LogP contribution in [-0.4, -0.2) is 33.9 Å². The summed E-state index contributed by atoms with van der Waals surface area (Å²) in [6.45, 7) is 3.58. The van der Waals surface area contributed by atoms with Gasteiger partial charge in [-0.2, -0.15) is 0 Å². The Morgan fingerprint density at radius 3 is 2.65 bits per heavy atom. The van der Waals surface area contributed by atoms with Crippen LogP contribution in [0.25, 0.3) is 0 Å².